The van der Waals surface area contributed by atoms with Gasteiger partial charge in [0.2, 0.25) is 0 Å². The van der Waals surface area contributed by atoms with Gasteiger partial charge in [-0.2, -0.15) is 0 Å². The minimum Gasteiger partial charge on any atom is -0.393 e. The number of rotatable bonds is 0. The summed E-state index contributed by atoms with van der Waals surface area (Å²) in [6.07, 6.45) is 18.4. The van der Waals surface area contributed by atoms with Crippen LogP contribution in [-0.4, -0.2) is 44.8 Å². The molecule has 25 heavy (non-hydrogen) atoms. The molecule has 0 bridgehead atoms. The van der Waals surface area contributed by atoms with Gasteiger partial charge in [0.05, 0.1) is 24.4 Å². The standard InChI is InChI=1S/4C5H10O.V/c4*6-5-3-1-2-4-5;/h4*5-6H,1-4H2;. The van der Waals surface area contributed by atoms with Gasteiger partial charge in [0.15, 0.2) is 0 Å². The summed E-state index contributed by atoms with van der Waals surface area (Å²) in [6, 6.07) is 0. The molecule has 0 atom stereocenters. The van der Waals surface area contributed by atoms with E-state index in [2.05, 4.69) is 0 Å². The molecule has 4 fully saturated rings. The van der Waals surface area contributed by atoms with Crippen molar-refractivity contribution in [1.82, 2.24) is 0 Å². The Hall–Kier alpha value is 0.424. The third-order valence-electron chi connectivity index (χ3n) is 5.30. The van der Waals surface area contributed by atoms with E-state index in [0.717, 1.165) is 51.4 Å². The van der Waals surface area contributed by atoms with Gasteiger partial charge in [0.1, 0.15) is 0 Å². The predicted molar refractivity (Wildman–Crippen MR) is 97.9 cm³/mol. The molecule has 1 radical (unpaired) electrons. The van der Waals surface area contributed by atoms with Crippen LogP contribution in [0.3, 0.4) is 0 Å². The van der Waals surface area contributed by atoms with Crippen molar-refractivity contribution in [1.29, 1.82) is 0 Å². The van der Waals surface area contributed by atoms with E-state index in [-0.39, 0.29) is 43.0 Å². The normalized spacial score (nSPS) is 24.5. The van der Waals surface area contributed by atoms with Crippen LogP contribution in [0.5, 0.6) is 0 Å². The zero-order valence-electron chi connectivity index (χ0n) is 15.9. The van der Waals surface area contributed by atoms with Gasteiger partial charge in [-0.3, -0.25) is 0 Å². The average molecular weight is 395 g/mol. The van der Waals surface area contributed by atoms with E-state index >= 15 is 0 Å². The SMILES string of the molecule is OC1CCCC1.OC1CCCC1.OC1CCCC1.OC1CCCC1.[V]. The molecule has 4 aliphatic rings. The molecule has 0 unspecified atom stereocenters. The Kier molecular flexibility index (Phi) is 16.9. The van der Waals surface area contributed by atoms with E-state index in [4.69, 9.17) is 20.4 Å². The molecule has 0 aliphatic heterocycles. The Bertz CT molecular complexity index is 211. The van der Waals surface area contributed by atoms with E-state index in [9.17, 15) is 0 Å². The van der Waals surface area contributed by atoms with Gasteiger partial charge < -0.3 is 20.4 Å². The molecule has 0 heterocycles. The minimum atomic E-state index is 0. The van der Waals surface area contributed by atoms with E-state index in [1.807, 2.05) is 0 Å². The summed E-state index contributed by atoms with van der Waals surface area (Å²) >= 11 is 0. The Morgan fingerprint density at radius 1 is 0.320 bits per heavy atom. The molecule has 0 aromatic heterocycles. The second-order valence-electron chi connectivity index (χ2n) is 7.75. The Labute approximate surface area is 166 Å². The molecule has 4 N–H and O–H groups in total. The molecule has 0 aromatic rings. The van der Waals surface area contributed by atoms with Crippen molar-refractivity contribution in [3.63, 3.8) is 0 Å². The third kappa shape index (κ3) is 15.2. The summed E-state index contributed by atoms with van der Waals surface area (Å²) < 4.78 is 0. The largest absolute Gasteiger partial charge is 0.393 e. The topological polar surface area (TPSA) is 80.9 Å². The molecule has 5 heteroatoms. The van der Waals surface area contributed by atoms with Crippen LogP contribution < -0.4 is 0 Å². The van der Waals surface area contributed by atoms with Crippen LogP contribution in [0.1, 0.15) is 103 Å². The van der Waals surface area contributed by atoms with Crippen molar-refractivity contribution >= 4 is 0 Å². The summed E-state index contributed by atoms with van der Waals surface area (Å²) in [6.45, 7) is 0. The van der Waals surface area contributed by atoms with Crippen molar-refractivity contribution in [2.24, 2.45) is 0 Å². The minimum absolute atomic E-state index is 0. The first-order valence-corrected chi connectivity index (χ1v) is 10.3. The molecule has 4 rings (SSSR count). The molecule has 149 valence electrons. The maximum atomic E-state index is 8.73. The first-order valence-electron chi connectivity index (χ1n) is 10.3. The van der Waals surface area contributed by atoms with Crippen molar-refractivity contribution in [2.45, 2.75) is 127 Å². The second kappa shape index (κ2) is 16.6. The predicted octanol–water partition coefficient (Wildman–Crippen LogP) is 3.68. The maximum absolute atomic E-state index is 8.73. The molecular weight excluding hydrogens is 355 g/mol. The summed E-state index contributed by atoms with van der Waals surface area (Å²) in [5.74, 6) is 0. The van der Waals surface area contributed by atoms with Crippen LogP contribution in [0.15, 0.2) is 0 Å². The van der Waals surface area contributed by atoms with E-state index in [1.54, 1.807) is 0 Å². The number of hydrogen-bond acceptors (Lipinski definition) is 4. The van der Waals surface area contributed by atoms with E-state index in [0.29, 0.717) is 0 Å². The number of hydrogen-bond donors (Lipinski definition) is 4. The molecule has 0 aromatic carbocycles. The van der Waals surface area contributed by atoms with Crippen LogP contribution in [-0.2, 0) is 18.6 Å². The second-order valence-corrected chi connectivity index (χ2v) is 7.75. The van der Waals surface area contributed by atoms with E-state index < -0.39 is 0 Å². The molecule has 0 saturated heterocycles. The fourth-order valence-corrected chi connectivity index (χ4v) is 3.62. The van der Waals surface area contributed by atoms with Crippen LogP contribution >= 0.6 is 0 Å². The van der Waals surface area contributed by atoms with Gasteiger partial charge in [0.25, 0.3) is 0 Å². The molecule has 4 saturated carbocycles. The van der Waals surface area contributed by atoms with Crippen molar-refractivity contribution < 1.29 is 39.0 Å². The maximum Gasteiger partial charge on any atom is 0.0540 e. The monoisotopic (exact) mass is 395 g/mol. The number of aliphatic hydroxyl groups is 4. The van der Waals surface area contributed by atoms with Crippen LogP contribution in [0.25, 0.3) is 0 Å². The molecule has 0 amide bonds. The van der Waals surface area contributed by atoms with Gasteiger partial charge in [0, 0.05) is 18.6 Å². The van der Waals surface area contributed by atoms with Crippen LogP contribution in [0.4, 0.5) is 0 Å². The summed E-state index contributed by atoms with van der Waals surface area (Å²) in [5, 5.41) is 34.9. The fourth-order valence-electron chi connectivity index (χ4n) is 3.62. The van der Waals surface area contributed by atoms with Gasteiger partial charge in [-0.15, -0.1) is 0 Å². The fraction of sp³-hybridized carbons (Fsp3) is 1.00. The summed E-state index contributed by atoms with van der Waals surface area (Å²) in [5.41, 5.74) is 0. The van der Waals surface area contributed by atoms with Crippen molar-refractivity contribution in [3.05, 3.63) is 0 Å². The van der Waals surface area contributed by atoms with Crippen molar-refractivity contribution in [2.75, 3.05) is 0 Å². The quantitative estimate of drug-likeness (QED) is 0.504. The molecule has 4 nitrogen and oxygen atoms in total. The molecule has 0 spiro atoms. The van der Waals surface area contributed by atoms with Gasteiger partial charge in [-0.25, -0.2) is 0 Å². The van der Waals surface area contributed by atoms with E-state index in [1.165, 1.54) is 51.4 Å². The van der Waals surface area contributed by atoms with Gasteiger partial charge in [-0.05, 0) is 51.4 Å². The van der Waals surface area contributed by atoms with Crippen molar-refractivity contribution in [3.8, 4) is 0 Å². The summed E-state index contributed by atoms with van der Waals surface area (Å²) in [7, 11) is 0. The zero-order chi connectivity index (χ0) is 17.6. The molecule has 4 aliphatic carbocycles. The first-order chi connectivity index (χ1) is 11.6. The van der Waals surface area contributed by atoms with Crippen LogP contribution in [0.2, 0.25) is 0 Å². The van der Waals surface area contributed by atoms with Gasteiger partial charge in [-0.1, -0.05) is 51.4 Å². The summed E-state index contributed by atoms with van der Waals surface area (Å²) in [4.78, 5) is 0. The zero-order valence-corrected chi connectivity index (χ0v) is 17.3. The smallest absolute Gasteiger partial charge is 0.0540 e. The Morgan fingerprint density at radius 3 is 0.480 bits per heavy atom. The van der Waals surface area contributed by atoms with Crippen LogP contribution in [0, 0.1) is 0 Å². The van der Waals surface area contributed by atoms with Gasteiger partial charge >= 0.3 is 0 Å². The first kappa shape index (κ1) is 25.4. The average Bonchev–Trinajstić information content (AvgIpc) is 3.31. The third-order valence-corrected chi connectivity index (χ3v) is 5.30. The molecular formula is C20H40O4V. The Morgan fingerprint density at radius 2 is 0.440 bits per heavy atom. The Balaban J connectivity index is 0.000000303. The number of aliphatic hydroxyl groups excluding tert-OH is 4.